The Bertz CT molecular complexity index is 624. The fourth-order valence-electron chi connectivity index (χ4n) is 3.94. The summed E-state index contributed by atoms with van der Waals surface area (Å²) in [6, 6.07) is 0. The lowest BCUT2D eigenvalue weighted by molar-refractivity contribution is -0.210. The summed E-state index contributed by atoms with van der Waals surface area (Å²) >= 11 is 0. The largest absolute Gasteiger partial charge is 0.481 e. The zero-order chi connectivity index (χ0) is 27.8. The topological polar surface area (TPSA) is 157 Å². The monoisotopic (exact) mass is 532 g/mol. The quantitative estimate of drug-likeness (QED) is 0.0479. The van der Waals surface area contributed by atoms with E-state index in [2.05, 4.69) is 11.7 Å². The van der Waals surface area contributed by atoms with Crippen molar-refractivity contribution in [2.75, 3.05) is 13.2 Å². The van der Waals surface area contributed by atoms with Gasteiger partial charge in [0.25, 0.3) is 6.47 Å². The van der Waals surface area contributed by atoms with Crippen LogP contribution >= 0.6 is 0 Å². The Hall–Kier alpha value is -2.20. The van der Waals surface area contributed by atoms with Crippen LogP contribution in [-0.2, 0) is 33.4 Å². The molecule has 3 N–H and O–H groups in total. The Balaban J connectivity index is 3.84. The Morgan fingerprint density at radius 1 is 0.784 bits per heavy atom. The molecule has 0 spiro atoms. The highest BCUT2D eigenvalue weighted by Gasteiger charge is 2.36. The van der Waals surface area contributed by atoms with E-state index in [4.69, 9.17) is 14.6 Å². The Morgan fingerprint density at radius 2 is 1.27 bits per heavy atom. The van der Waals surface area contributed by atoms with Gasteiger partial charge in [-0.05, 0) is 6.42 Å². The van der Waals surface area contributed by atoms with E-state index in [9.17, 15) is 29.4 Å². The number of aliphatic hydroxyl groups is 2. The summed E-state index contributed by atoms with van der Waals surface area (Å²) in [7, 11) is 0. The Labute approximate surface area is 221 Å². The number of rotatable bonds is 26. The maximum Gasteiger partial charge on any atom is 0.312 e. The number of carboxylic acid groups (broad SMARTS) is 1. The first kappa shape index (κ1) is 34.8. The summed E-state index contributed by atoms with van der Waals surface area (Å²) in [6.07, 6.45) is 15.4. The summed E-state index contributed by atoms with van der Waals surface area (Å²) in [5.74, 6) is -5.64. The second-order valence-electron chi connectivity index (χ2n) is 9.58. The molecule has 37 heavy (non-hydrogen) atoms. The van der Waals surface area contributed by atoms with Gasteiger partial charge in [-0.15, -0.1) is 0 Å². The summed E-state index contributed by atoms with van der Waals surface area (Å²) < 4.78 is 14.2. The minimum Gasteiger partial charge on any atom is -0.481 e. The van der Waals surface area contributed by atoms with Crippen LogP contribution in [0.3, 0.4) is 0 Å². The first-order chi connectivity index (χ1) is 17.8. The van der Waals surface area contributed by atoms with E-state index in [0.717, 1.165) is 19.3 Å². The highest BCUT2D eigenvalue weighted by molar-refractivity contribution is 5.74. The molecule has 0 saturated carbocycles. The third-order valence-electron chi connectivity index (χ3n) is 6.03. The molecule has 0 aliphatic carbocycles. The molecule has 10 heteroatoms. The molecule has 0 aromatic heterocycles. The van der Waals surface area contributed by atoms with Gasteiger partial charge >= 0.3 is 17.9 Å². The number of ether oxygens (including phenoxy) is 3. The van der Waals surface area contributed by atoms with Crippen molar-refractivity contribution in [1.82, 2.24) is 0 Å². The second-order valence-corrected chi connectivity index (χ2v) is 9.58. The lowest BCUT2D eigenvalue weighted by atomic mass is 10.0. The maximum atomic E-state index is 12.0. The van der Waals surface area contributed by atoms with Gasteiger partial charge in [0, 0.05) is 6.42 Å². The number of hydrogen-bond donors (Lipinski definition) is 3. The Kier molecular flexibility index (Phi) is 21.6. The number of hydrogen-bond acceptors (Lipinski definition) is 9. The fraction of sp³-hybridized carbons (Fsp3) is 0.852. The van der Waals surface area contributed by atoms with Gasteiger partial charge in [0.1, 0.15) is 19.4 Å². The SMILES string of the molecule is CCCCCCCCCCCCCCCCCC(=O)OC(CO)COC(=O)CC(O)(CC(=O)O)OC=O. The van der Waals surface area contributed by atoms with Crippen LogP contribution in [0.2, 0.25) is 0 Å². The molecule has 0 radical (unpaired) electrons. The van der Waals surface area contributed by atoms with Gasteiger partial charge in [-0.1, -0.05) is 96.8 Å². The van der Waals surface area contributed by atoms with Crippen molar-refractivity contribution in [3.63, 3.8) is 0 Å². The van der Waals surface area contributed by atoms with Gasteiger partial charge in [0.15, 0.2) is 6.10 Å². The molecular formula is C27H48O10. The molecule has 0 amide bonds. The molecule has 0 heterocycles. The standard InChI is InChI=1S/C27H48O10/c1-2-3-4-5-6-7-8-9-10-11-12-13-14-15-16-17-25(32)37-23(20-28)21-35-26(33)19-27(34,36-22-29)18-24(30)31/h22-23,28,34H,2-21H2,1H3,(H,30,31). The number of carbonyl (C=O) groups is 4. The zero-order valence-electron chi connectivity index (χ0n) is 22.5. The van der Waals surface area contributed by atoms with Crippen LogP contribution in [-0.4, -0.2) is 64.8 Å². The van der Waals surface area contributed by atoms with Crippen molar-refractivity contribution in [2.45, 2.75) is 134 Å². The third-order valence-corrected chi connectivity index (χ3v) is 6.03. The van der Waals surface area contributed by atoms with Crippen LogP contribution in [0.4, 0.5) is 0 Å². The molecule has 2 unspecified atom stereocenters. The second kappa shape index (κ2) is 23.0. The molecule has 0 fully saturated rings. The minimum absolute atomic E-state index is 0.174. The number of carbonyl (C=O) groups excluding carboxylic acids is 3. The molecule has 0 saturated heterocycles. The van der Waals surface area contributed by atoms with E-state index in [1.54, 1.807) is 0 Å². The molecule has 0 aromatic rings. The average molecular weight is 533 g/mol. The van der Waals surface area contributed by atoms with Crippen LogP contribution in [0.15, 0.2) is 0 Å². The van der Waals surface area contributed by atoms with Gasteiger partial charge in [-0.3, -0.25) is 19.2 Å². The predicted octanol–water partition coefficient (Wildman–Crippen LogP) is 4.42. The first-order valence-electron chi connectivity index (χ1n) is 13.8. The van der Waals surface area contributed by atoms with Crippen molar-refractivity contribution in [2.24, 2.45) is 0 Å². The molecule has 2 atom stereocenters. The molecule has 10 nitrogen and oxygen atoms in total. The highest BCUT2D eigenvalue weighted by Crippen LogP contribution is 2.18. The average Bonchev–Trinajstić information content (AvgIpc) is 2.83. The first-order valence-corrected chi connectivity index (χ1v) is 13.8. The number of aliphatic hydroxyl groups excluding tert-OH is 1. The fourth-order valence-corrected chi connectivity index (χ4v) is 3.94. The van der Waals surface area contributed by atoms with Gasteiger partial charge in [-0.25, -0.2) is 0 Å². The molecule has 0 bridgehead atoms. The Morgan fingerprint density at radius 3 is 1.70 bits per heavy atom. The van der Waals surface area contributed by atoms with Crippen LogP contribution in [0.5, 0.6) is 0 Å². The van der Waals surface area contributed by atoms with Crippen LogP contribution in [0, 0.1) is 0 Å². The van der Waals surface area contributed by atoms with Crippen molar-refractivity contribution in [1.29, 1.82) is 0 Å². The van der Waals surface area contributed by atoms with Crippen molar-refractivity contribution in [3.8, 4) is 0 Å². The van der Waals surface area contributed by atoms with E-state index in [1.807, 2.05) is 0 Å². The van der Waals surface area contributed by atoms with Crippen LogP contribution in [0.25, 0.3) is 0 Å². The van der Waals surface area contributed by atoms with Gasteiger partial charge in [-0.2, -0.15) is 0 Å². The summed E-state index contributed by atoms with van der Waals surface area (Å²) in [4.78, 5) is 45.1. The molecule has 0 aliphatic heterocycles. The zero-order valence-corrected chi connectivity index (χ0v) is 22.5. The van der Waals surface area contributed by atoms with Gasteiger partial charge in [0.05, 0.1) is 6.61 Å². The van der Waals surface area contributed by atoms with E-state index >= 15 is 0 Å². The summed E-state index contributed by atoms with van der Waals surface area (Å²) in [6.45, 7) is 1.00. The molecule has 0 aliphatic rings. The van der Waals surface area contributed by atoms with E-state index in [0.29, 0.717) is 6.42 Å². The van der Waals surface area contributed by atoms with Gasteiger partial charge < -0.3 is 29.5 Å². The summed E-state index contributed by atoms with van der Waals surface area (Å²) in [5.41, 5.74) is 0. The summed E-state index contributed by atoms with van der Waals surface area (Å²) in [5, 5.41) is 28.0. The molecular weight excluding hydrogens is 484 g/mol. The normalized spacial score (nSPS) is 13.4. The number of carboxylic acids is 1. The van der Waals surface area contributed by atoms with Crippen LogP contribution in [0.1, 0.15) is 122 Å². The van der Waals surface area contributed by atoms with Crippen molar-refractivity contribution in [3.05, 3.63) is 0 Å². The minimum atomic E-state index is -2.55. The van der Waals surface area contributed by atoms with E-state index < -0.39 is 55.9 Å². The lowest BCUT2D eigenvalue weighted by Crippen LogP contribution is -2.38. The number of unbranched alkanes of at least 4 members (excludes halogenated alkanes) is 14. The number of aliphatic carboxylic acids is 1. The van der Waals surface area contributed by atoms with Crippen molar-refractivity contribution < 1.29 is 48.7 Å². The van der Waals surface area contributed by atoms with Gasteiger partial charge in [0.2, 0.25) is 5.79 Å². The van der Waals surface area contributed by atoms with Crippen molar-refractivity contribution >= 4 is 24.4 Å². The van der Waals surface area contributed by atoms with Crippen LogP contribution < -0.4 is 0 Å². The molecule has 0 rings (SSSR count). The third kappa shape index (κ3) is 21.6. The lowest BCUT2D eigenvalue weighted by Gasteiger charge is -2.23. The predicted molar refractivity (Wildman–Crippen MR) is 136 cm³/mol. The smallest absolute Gasteiger partial charge is 0.312 e. The highest BCUT2D eigenvalue weighted by atomic mass is 16.6. The molecule has 216 valence electrons. The van der Waals surface area contributed by atoms with E-state index in [1.165, 1.54) is 70.6 Å². The van der Waals surface area contributed by atoms with E-state index in [-0.39, 0.29) is 12.9 Å². The maximum absolute atomic E-state index is 12.0. The number of esters is 2. The molecule has 0 aromatic carbocycles.